The van der Waals surface area contributed by atoms with Crippen molar-refractivity contribution in [3.05, 3.63) is 66.5 Å². The van der Waals surface area contributed by atoms with Gasteiger partial charge in [-0.15, -0.1) is 0 Å². The number of allylic oxidation sites excluding steroid dienone is 1. The maximum absolute atomic E-state index is 8.76. The Morgan fingerprint density at radius 2 is 1.73 bits per heavy atom. The molecule has 1 heterocycles. The summed E-state index contributed by atoms with van der Waals surface area (Å²) in [4.78, 5) is 0. The van der Waals surface area contributed by atoms with Crippen LogP contribution in [0.4, 0.5) is 0 Å². The van der Waals surface area contributed by atoms with Gasteiger partial charge >= 0.3 is 0 Å². The number of benzene rings is 1. The first-order chi connectivity index (χ1) is 7.42. The van der Waals surface area contributed by atoms with E-state index in [2.05, 4.69) is 6.07 Å². The van der Waals surface area contributed by atoms with Crippen LogP contribution in [0.25, 0.3) is 5.70 Å². The molecule has 1 aromatic carbocycles. The number of rotatable bonds is 2. The van der Waals surface area contributed by atoms with Crippen molar-refractivity contribution in [1.29, 1.82) is 5.26 Å². The molecule has 0 saturated heterocycles. The topological polar surface area (TPSA) is 28.7 Å². The van der Waals surface area contributed by atoms with Crippen LogP contribution in [0.3, 0.4) is 0 Å². The van der Waals surface area contributed by atoms with E-state index in [9.17, 15) is 0 Å². The molecule has 2 heteroatoms. The molecule has 0 unspecified atom stereocenters. The van der Waals surface area contributed by atoms with Gasteiger partial charge in [-0.05, 0) is 17.7 Å². The molecule has 0 radical (unpaired) electrons. The first-order valence-corrected chi connectivity index (χ1v) is 4.70. The lowest BCUT2D eigenvalue weighted by molar-refractivity contribution is 1.11. The molecule has 0 aliphatic heterocycles. The molecule has 72 valence electrons. The van der Waals surface area contributed by atoms with Gasteiger partial charge in [0.25, 0.3) is 0 Å². The quantitative estimate of drug-likeness (QED) is 0.676. The summed E-state index contributed by atoms with van der Waals surface area (Å²) in [6, 6.07) is 15.8. The summed E-state index contributed by atoms with van der Waals surface area (Å²) < 4.78 is 1.93. The van der Waals surface area contributed by atoms with Gasteiger partial charge in [-0.3, -0.25) is 0 Å². The first-order valence-electron chi connectivity index (χ1n) is 4.70. The number of hydrogen-bond donors (Lipinski definition) is 0. The summed E-state index contributed by atoms with van der Waals surface area (Å²) in [6.45, 7) is 0. The zero-order chi connectivity index (χ0) is 10.5. The summed E-state index contributed by atoms with van der Waals surface area (Å²) in [6.07, 6.45) is 5.40. The van der Waals surface area contributed by atoms with Gasteiger partial charge in [-0.2, -0.15) is 5.26 Å². The molecular weight excluding hydrogens is 184 g/mol. The molecule has 2 nitrogen and oxygen atoms in total. The number of nitriles is 1. The summed E-state index contributed by atoms with van der Waals surface area (Å²) in [5, 5.41) is 8.76. The highest BCUT2D eigenvalue weighted by Crippen LogP contribution is 2.16. The summed E-state index contributed by atoms with van der Waals surface area (Å²) in [7, 11) is 0. The minimum absolute atomic E-state index is 0.892. The van der Waals surface area contributed by atoms with Crippen LogP contribution in [0, 0.1) is 11.3 Å². The van der Waals surface area contributed by atoms with E-state index < -0.39 is 0 Å². The Morgan fingerprint density at radius 3 is 2.33 bits per heavy atom. The smallest absolute Gasteiger partial charge is 0.0934 e. The lowest BCUT2D eigenvalue weighted by atomic mass is 10.1. The van der Waals surface area contributed by atoms with Gasteiger partial charge in [0, 0.05) is 18.5 Å². The van der Waals surface area contributed by atoms with Crippen LogP contribution in [0.15, 0.2) is 60.9 Å². The van der Waals surface area contributed by atoms with Crippen molar-refractivity contribution in [1.82, 2.24) is 4.57 Å². The average molecular weight is 194 g/mol. The molecular formula is C13H10N2. The number of aromatic nitrogens is 1. The van der Waals surface area contributed by atoms with E-state index in [1.807, 2.05) is 59.4 Å². The second-order valence-electron chi connectivity index (χ2n) is 3.12. The predicted molar refractivity (Wildman–Crippen MR) is 59.9 cm³/mol. The van der Waals surface area contributed by atoms with Crippen LogP contribution in [-0.2, 0) is 0 Å². The normalized spacial score (nSPS) is 11.0. The highest BCUT2D eigenvalue weighted by molar-refractivity contribution is 5.67. The van der Waals surface area contributed by atoms with Crippen LogP contribution in [0.5, 0.6) is 0 Å². The van der Waals surface area contributed by atoms with E-state index >= 15 is 0 Å². The van der Waals surface area contributed by atoms with E-state index in [0.717, 1.165) is 11.3 Å². The third kappa shape index (κ3) is 1.97. The Labute approximate surface area is 88.7 Å². The van der Waals surface area contributed by atoms with Crippen LogP contribution in [0.1, 0.15) is 5.56 Å². The van der Waals surface area contributed by atoms with E-state index in [0.29, 0.717) is 0 Å². The lowest BCUT2D eigenvalue weighted by Gasteiger charge is -2.07. The van der Waals surface area contributed by atoms with Gasteiger partial charge < -0.3 is 4.57 Å². The maximum atomic E-state index is 8.76. The number of nitrogens with zero attached hydrogens (tertiary/aromatic N) is 2. The van der Waals surface area contributed by atoms with Gasteiger partial charge in [0.05, 0.1) is 11.8 Å². The van der Waals surface area contributed by atoms with Crippen LogP contribution < -0.4 is 0 Å². The Morgan fingerprint density at radius 1 is 1.07 bits per heavy atom. The third-order valence-corrected chi connectivity index (χ3v) is 2.15. The third-order valence-electron chi connectivity index (χ3n) is 2.15. The van der Waals surface area contributed by atoms with E-state index in [1.54, 1.807) is 6.08 Å². The molecule has 1 aromatic heterocycles. The first kappa shape index (κ1) is 9.29. The molecule has 0 aliphatic carbocycles. The second-order valence-corrected chi connectivity index (χ2v) is 3.12. The fourth-order valence-corrected chi connectivity index (χ4v) is 1.47. The highest BCUT2D eigenvalue weighted by Gasteiger charge is 2.01. The van der Waals surface area contributed by atoms with Crippen molar-refractivity contribution in [2.45, 2.75) is 0 Å². The fraction of sp³-hybridized carbons (Fsp3) is 0. The molecule has 0 aliphatic rings. The van der Waals surface area contributed by atoms with Crippen molar-refractivity contribution >= 4 is 5.70 Å². The van der Waals surface area contributed by atoms with Gasteiger partial charge in [0.15, 0.2) is 0 Å². The van der Waals surface area contributed by atoms with Crippen LogP contribution >= 0.6 is 0 Å². The molecule has 2 aromatic rings. The summed E-state index contributed by atoms with van der Waals surface area (Å²) in [5.74, 6) is 0. The average Bonchev–Trinajstić information content (AvgIpc) is 2.80. The van der Waals surface area contributed by atoms with Crippen molar-refractivity contribution in [3.63, 3.8) is 0 Å². The molecule has 0 bridgehead atoms. The Kier molecular flexibility index (Phi) is 2.66. The Balaban J connectivity index is 2.48. The molecule has 0 atom stereocenters. The van der Waals surface area contributed by atoms with E-state index in [4.69, 9.17) is 5.26 Å². The second kappa shape index (κ2) is 4.30. The van der Waals surface area contributed by atoms with Gasteiger partial charge in [0.1, 0.15) is 0 Å². The predicted octanol–water partition coefficient (Wildman–Crippen LogP) is 2.90. The molecule has 0 saturated carbocycles. The minimum atomic E-state index is 0.892. The number of hydrogen-bond acceptors (Lipinski definition) is 1. The Bertz CT molecular complexity index is 487. The van der Waals surface area contributed by atoms with Crippen LogP contribution in [0.2, 0.25) is 0 Å². The van der Waals surface area contributed by atoms with Crippen molar-refractivity contribution < 1.29 is 0 Å². The maximum Gasteiger partial charge on any atom is 0.0934 e. The van der Waals surface area contributed by atoms with Crippen molar-refractivity contribution in [3.8, 4) is 6.07 Å². The monoisotopic (exact) mass is 194 g/mol. The van der Waals surface area contributed by atoms with Crippen molar-refractivity contribution in [2.24, 2.45) is 0 Å². The molecule has 0 N–H and O–H groups in total. The van der Waals surface area contributed by atoms with Crippen molar-refractivity contribution in [2.75, 3.05) is 0 Å². The largest absolute Gasteiger partial charge is 0.323 e. The standard InChI is InChI=1S/C13H10N2/c14-9-8-13(15-10-4-5-11-15)12-6-2-1-3-7-12/h1-8,10-11H/b13-8+. The summed E-state index contributed by atoms with van der Waals surface area (Å²) in [5.41, 5.74) is 1.93. The van der Waals surface area contributed by atoms with E-state index in [-0.39, 0.29) is 0 Å². The fourth-order valence-electron chi connectivity index (χ4n) is 1.47. The lowest BCUT2D eigenvalue weighted by Crippen LogP contribution is -1.94. The van der Waals surface area contributed by atoms with Gasteiger partial charge in [-0.1, -0.05) is 30.3 Å². The Hall–Kier alpha value is -2.27. The summed E-state index contributed by atoms with van der Waals surface area (Å²) >= 11 is 0. The molecule has 15 heavy (non-hydrogen) atoms. The highest BCUT2D eigenvalue weighted by atomic mass is 14.9. The SMILES string of the molecule is N#C/C=C(\c1ccccc1)n1cccc1. The van der Waals surface area contributed by atoms with Gasteiger partial charge in [0.2, 0.25) is 0 Å². The molecule has 0 spiro atoms. The van der Waals surface area contributed by atoms with Crippen LogP contribution in [-0.4, -0.2) is 4.57 Å². The molecule has 0 fully saturated rings. The van der Waals surface area contributed by atoms with E-state index in [1.165, 1.54) is 0 Å². The minimum Gasteiger partial charge on any atom is -0.323 e. The zero-order valence-electron chi connectivity index (χ0n) is 8.17. The molecule has 0 amide bonds. The van der Waals surface area contributed by atoms with Gasteiger partial charge in [-0.25, -0.2) is 0 Å². The zero-order valence-corrected chi connectivity index (χ0v) is 8.17. The molecule has 2 rings (SSSR count).